The lowest BCUT2D eigenvalue weighted by atomic mass is 9.95. The van der Waals surface area contributed by atoms with Crippen LogP contribution in [0, 0.1) is 0 Å². The van der Waals surface area contributed by atoms with Crippen LogP contribution in [-0.2, 0) is 9.53 Å². The summed E-state index contributed by atoms with van der Waals surface area (Å²) < 4.78 is 24.1. The molecular weight excluding hydrogens is 528 g/mol. The quantitative estimate of drug-likeness (QED) is 0.366. The molecule has 0 amide bonds. The lowest BCUT2D eigenvalue weighted by molar-refractivity contribution is -0.139. The Morgan fingerprint density at radius 3 is 2.42 bits per heavy atom. The number of ether oxygens (including phenoxy) is 4. The van der Waals surface area contributed by atoms with Gasteiger partial charge in [-0.25, -0.2) is 9.79 Å². The number of hydrogen-bond acceptors (Lipinski definition) is 8. The summed E-state index contributed by atoms with van der Waals surface area (Å²) >= 11 is 7.60. The summed E-state index contributed by atoms with van der Waals surface area (Å²) in [6.07, 6.45) is 1.76. The number of aromatic nitrogens is 1. The van der Waals surface area contributed by atoms with E-state index in [0.717, 1.165) is 5.56 Å². The number of esters is 1. The minimum Gasteiger partial charge on any atom is -0.493 e. The molecule has 1 aromatic heterocycles. The van der Waals surface area contributed by atoms with E-state index in [1.54, 1.807) is 51.3 Å². The van der Waals surface area contributed by atoms with E-state index in [0.29, 0.717) is 61.7 Å². The van der Waals surface area contributed by atoms with Gasteiger partial charge in [0, 0.05) is 0 Å². The number of nitrogens with zero attached hydrogens (tertiary/aromatic N) is 2. The van der Waals surface area contributed by atoms with Gasteiger partial charge in [-0.3, -0.25) is 9.36 Å². The van der Waals surface area contributed by atoms with E-state index in [9.17, 15) is 9.59 Å². The van der Waals surface area contributed by atoms with Crippen molar-refractivity contribution >= 4 is 35.0 Å². The molecule has 4 rings (SSSR count). The monoisotopic (exact) mass is 556 g/mol. The number of methoxy groups -OCH3 is 1. The molecule has 0 aliphatic carbocycles. The smallest absolute Gasteiger partial charge is 0.338 e. The van der Waals surface area contributed by atoms with Gasteiger partial charge in [0.05, 0.1) is 53.8 Å². The van der Waals surface area contributed by atoms with E-state index < -0.39 is 12.0 Å². The number of benzene rings is 2. The summed E-state index contributed by atoms with van der Waals surface area (Å²) in [5, 5.41) is 0.452. The Bertz CT molecular complexity index is 1570. The molecule has 2 heterocycles. The van der Waals surface area contributed by atoms with Crippen LogP contribution in [0.15, 0.2) is 57.5 Å². The van der Waals surface area contributed by atoms with Gasteiger partial charge >= 0.3 is 5.97 Å². The standard InChI is InChI=1S/C28H29ClN2O6S/c1-6-35-20-11-9-17(13-19(20)29)14-23-26(32)31-25(18-10-12-21(34-5)22(15-18)36-7-2)24(27(33)37-8-3)16(4)30-28(31)38-23/h9-15,25H,6-8H2,1-5H3/b23-14-/t25-/m0/s1. The van der Waals surface area contributed by atoms with Gasteiger partial charge in [-0.1, -0.05) is 35.1 Å². The van der Waals surface area contributed by atoms with Gasteiger partial charge in [0.25, 0.3) is 5.56 Å². The first-order valence-electron chi connectivity index (χ1n) is 12.3. The molecule has 200 valence electrons. The highest BCUT2D eigenvalue weighted by Gasteiger charge is 2.34. The number of fused-ring (bicyclic) bond motifs is 1. The minimum atomic E-state index is -0.763. The molecule has 0 unspecified atom stereocenters. The van der Waals surface area contributed by atoms with Gasteiger partial charge in [0.15, 0.2) is 16.3 Å². The normalized spacial score (nSPS) is 15.1. The van der Waals surface area contributed by atoms with Crippen LogP contribution in [0.5, 0.6) is 17.2 Å². The second kappa shape index (κ2) is 11.9. The minimum absolute atomic E-state index is 0.193. The van der Waals surface area contributed by atoms with Crippen LogP contribution in [0.3, 0.4) is 0 Å². The van der Waals surface area contributed by atoms with Crippen molar-refractivity contribution < 1.29 is 23.7 Å². The van der Waals surface area contributed by atoms with Crippen molar-refractivity contribution in [3.05, 3.63) is 83.5 Å². The third-order valence-corrected chi connectivity index (χ3v) is 7.15. The van der Waals surface area contributed by atoms with Crippen LogP contribution >= 0.6 is 22.9 Å². The van der Waals surface area contributed by atoms with Gasteiger partial charge in [-0.2, -0.15) is 0 Å². The Morgan fingerprint density at radius 1 is 1.05 bits per heavy atom. The van der Waals surface area contributed by atoms with E-state index >= 15 is 0 Å². The molecule has 3 aromatic rings. The van der Waals surface area contributed by atoms with Crippen LogP contribution in [0.2, 0.25) is 5.02 Å². The number of carbonyl (C=O) groups excluding carboxylic acids is 1. The third-order valence-electron chi connectivity index (χ3n) is 5.87. The van der Waals surface area contributed by atoms with Crippen LogP contribution in [0.1, 0.15) is 44.9 Å². The van der Waals surface area contributed by atoms with E-state index in [4.69, 9.17) is 30.5 Å². The zero-order valence-corrected chi connectivity index (χ0v) is 23.4. The number of carbonyl (C=O) groups is 1. The Morgan fingerprint density at radius 2 is 1.76 bits per heavy atom. The molecule has 2 aromatic carbocycles. The van der Waals surface area contributed by atoms with Crippen molar-refractivity contribution in [1.82, 2.24) is 4.57 Å². The van der Waals surface area contributed by atoms with Gasteiger partial charge in [-0.15, -0.1) is 0 Å². The van der Waals surface area contributed by atoms with Crippen molar-refractivity contribution in [3.63, 3.8) is 0 Å². The molecule has 1 aliphatic rings. The fraction of sp³-hybridized carbons (Fsp3) is 0.321. The lowest BCUT2D eigenvalue weighted by Crippen LogP contribution is -2.40. The molecule has 1 aliphatic heterocycles. The zero-order valence-electron chi connectivity index (χ0n) is 21.9. The van der Waals surface area contributed by atoms with Crippen LogP contribution in [0.4, 0.5) is 0 Å². The second-order valence-electron chi connectivity index (χ2n) is 8.27. The topological polar surface area (TPSA) is 88.4 Å². The Labute approximate surface area is 229 Å². The summed E-state index contributed by atoms with van der Waals surface area (Å²) in [5.74, 6) is 1.11. The SMILES string of the molecule is CCOC(=O)C1=C(C)N=c2s/c(=C\c3ccc(OCC)c(Cl)c3)c(=O)n2[C@H]1c1ccc(OC)c(OCC)c1. The fourth-order valence-corrected chi connectivity index (χ4v) is 5.56. The molecule has 8 nitrogen and oxygen atoms in total. The first kappa shape index (κ1) is 27.5. The maximum absolute atomic E-state index is 13.8. The second-order valence-corrected chi connectivity index (χ2v) is 9.68. The molecule has 0 radical (unpaired) electrons. The summed E-state index contributed by atoms with van der Waals surface area (Å²) in [7, 11) is 1.56. The third kappa shape index (κ3) is 5.35. The first-order chi connectivity index (χ1) is 18.3. The molecule has 38 heavy (non-hydrogen) atoms. The Balaban J connectivity index is 1.92. The average Bonchev–Trinajstić information content (AvgIpc) is 3.19. The fourth-order valence-electron chi connectivity index (χ4n) is 4.27. The van der Waals surface area contributed by atoms with Crippen molar-refractivity contribution in [2.24, 2.45) is 4.99 Å². The number of hydrogen-bond donors (Lipinski definition) is 0. The molecular formula is C28H29ClN2O6S. The molecule has 0 fully saturated rings. The maximum atomic E-state index is 13.8. The number of halogens is 1. The van der Waals surface area contributed by atoms with Crippen molar-refractivity contribution in [1.29, 1.82) is 0 Å². The highest BCUT2D eigenvalue weighted by atomic mass is 35.5. The van der Waals surface area contributed by atoms with Gasteiger partial charge in [-0.05, 0) is 69.2 Å². The van der Waals surface area contributed by atoms with Gasteiger partial charge in [0.2, 0.25) is 0 Å². The molecule has 10 heteroatoms. The Kier molecular flexibility index (Phi) is 8.58. The zero-order chi connectivity index (χ0) is 27.4. The summed E-state index contributed by atoms with van der Waals surface area (Å²) in [5.41, 5.74) is 1.90. The average molecular weight is 557 g/mol. The lowest BCUT2D eigenvalue weighted by Gasteiger charge is -2.25. The highest BCUT2D eigenvalue weighted by molar-refractivity contribution is 7.07. The van der Waals surface area contributed by atoms with Crippen LogP contribution < -0.4 is 29.1 Å². The van der Waals surface area contributed by atoms with E-state index in [1.165, 1.54) is 15.9 Å². The van der Waals surface area contributed by atoms with E-state index in [-0.39, 0.29) is 12.2 Å². The maximum Gasteiger partial charge on any atom is 0.338 e. The summed E-state index contributed by atoms with van der Waals surface area (Å²) in [6.45, 7) is 8.35. The summed E-state index contributed by atoms with van der Waals surface area (Å²) in [6, 6.07) is 9.95. The molecule has 1 atom stereocenters. The van der Waals surface area contributed by atoms with Crippen LogP contribution in [0.25, 0.3) is 6.08 Å². The van der Waals surface area contributed by atoms with Crippen molar-refractivity contribution in [3.8, 4) is 17.2 Å². The number of rotatable bonds is 9. The predicted molar refractivity (Wildman–Crippen MR) is 147 cm³/mol. The molecule has 0 N–H and O–H groups in total. The van der Waals surface area contributed by atoms with E-state index in [1.807, 2.05) is 26.0 Å². The molecule has 0 bridgehead atoms. The highest BCUT2D eigenvalue weighted by Crippen LogP contribution is 2.36. The van der Waals surface area contributed by atoms with Crippen LogP contribution in [-0.4, -0.2) is 37.5 Å². The van der Waals surface area contributed by atoms with Crippen molar-refractivity contribution in [2.45, 2.75) is 33.7 Å². The molecule has 0 saturated heterocycles. The molecule has 0 saturated carbocycles. The van der Waals surface area contributed by atoms with Gasteiger partial charge < -0.3 is 18.9 Å². The largest absolute Gasteiger partial charge is 0.493 e. The first-order valence-corrected chi connectivity index (χ1v) is 13.4. The number of allylic oxidation sites excluding steroid dienone is 1. The van der Waals surface area contributed by atoms with Crippen molar-refractivity contribution in [2.75, 3.05) is 26.9 Å². The molecule has 0 spiro atoms. The number of thiazole rings is 1. The Hall–Kier alpha value is -3.56. The predicted octanol–water partition coefficient (Wildman–Crippen LogP) is 4.26. The van der Waals surface area contributed by atoms with E-state index in [2.05, 4.69) is 4.99 Å². The summed E-state index contributed by atoms with van der Waals surface area (Å²) in [4.78, 5) is 32.0. The van der Waals surface area contributed by atoms with Gasteiger partial charge in [0.1, 0.15) is 5.75 Å².